The van der Waals surface area contributed by atoms with E-state index in [1.54, 1.807) is 12.4 Å². The second-order valence-corrected chi connectivity index (χ2v) is 4.84. The van der Waals surface area contributed by atoms with Gasteiger partial charge in [0.05, 0.1) is 0 Å². The van der Waals surface area contributed by atoms with E-state index < -0.39 is 0 Å². The molecular formula is C15H18N4. The Kier molecular flexibility index (Phi) is 3.58. The second kappa shape index (κ2) is 5.69. The van der Waals surface area contributed by atoms with Crippen molar-refractivity contribution in [1.82, 2.24) is 9.97 Å². The lowest BCUT2D eigenvalue weighted by Crippen LogP contribution is -2.42. The number of nitrogens with zero attached hydrogens (tertiary/aromatic N) is 3. The minimum atomic E-state index is 0.458. The van der Waals surface area contributed by atoms with Gasteiger partial charge in [-0.25, -0.2) is 9.97 Å². The van der Waals surface area contributed by atoms with Crippen molar-refractivity contribution < 1.29 is 0 Å². The minimum absolute atomic E-state index is 0.458. The van der Waals surface area contributed by atoms with Crippen LogP contribution in [0.4, 0.5) is 11.6 Å². The predicted molar refractivity (Wildman–Crippen MR) is 77.3 cm³/mol. The van der Waals surface area contributed by atoms with E-state index in [0.717, 1.165) is 19.0 Å². The highest BCUT2D eigenvalue weighted by atomic mass is 15.3. The van der Waals surface area contributed by atoms with Crippen molar-refractivity contribution in [1.29, 1.82) is 0 Å². The van der Waals surface area contributed by atoms with Gasteiger partial charge < -0.3 is 10.2 Å². The molecule has 2 aromatic rings. The van der Waals surface area contributed by atoms with Crippen LogP contribution in [-0.2, 0) is 0 Å². The maximum atomic E-state index is 4.33. The molecule has 0 saturated carbocycles. The Balaban J connectivity index is 1.65. The third-order valence-electron chi connectivity index (χ3n) is 3.40. The molecule has 1 aromatic carbocycles. The van der Waals surface area contributed by atoms with Gasteiger partial charge in [-0.05, 0) is 31.0 Å². The number of para-hydroxylation sites is 1. The molecule has 3 rings (SSSR count). The van der Waals surface area contributed by atoms with Gasteiger partial charge in [-0.15, -0.1) is 0 Å². The summed E-state index contributed by atoms with van der Waals surface area (Å²) in [4.78, 5) is 10.9. The van der Waals surface area contributed by atoms with Crippen molar-refractivity contribution in [3.63, 3.8) is 0 Å². The summed E-state index contributed by atoms with van der Waals surface area (Å²) in [5.41, 5.74) is 1.18. The summed E-state index contributed by atoms with van der Waals surface area (Å²) in [5.74, 6) is 0.835. The topological polar surface area (TPSA) is 41.0 Å². The molecule has 1 atom stereocenters. The Morgan fingerprint density at radius 2 is 1.84 bits per heavy atom. The summed E-state index contributed by atoms with van der Waals surface area (Å²) in [6.07, 6.45) is 5.97. The summed E-state index contributed by atoms with van der Waals surface area (Å²) in [6, 6.07) is 12.7. The van der Waals surface area contributed by atoms with Crippen LogP contribution in [0.15, 0.2) is 48.8 Å². The average molecular weight is 254 g/mol. The molecule has 19 heavy (non-hydrogen) atoms. The van der Waals surface area contributed by atoms with Gasteiger partial charge in [0, 0.05) is 37.2 Å². The monoisotopic (exact) mass is 254 g/mol. The van der Waals surface area contributed by atoms with Crippen LogP contribution < -0.4 is 10.2 Å². The van der Waals surface area contributed by atoms with Crippen molar-refractivity contribution >= 4 is 11.6 Å². The zero-order chi connectivity index (χ0) is 12.9. The molecule has 98 valence electrons. The van der Waals surface area contributed by atoms with Gasteiger partial charge in [-0.1, -0.05) is 18.2 Å². The Morgan fingerprint density at radius 1 is 1.05 bits per heavy atom. The van der Waals surface area contributed by atoms with Crippen molar-refractivity contribution in [3.8, 4) is 0 Å². The smallest absolute Gasteiger partial charge is 0.225 e. The first-order valence-corrected chi connectivity index (χ1v) is 6.75. The third kappa shape index (κ3) is 3.02. The van der Waals surface area contributed by atoms with Gasteiger partial charge in [0.2, 0.25) is 5.95 Å². The zero-order valence-electron chi connectivity index (χ0n) is 10.9. The number of rotatable bonds is 3. The summed E-state index contributed by atoms with van der Waals surface area (Å²) < 4.78 is 0. The van der Waals surface area contributed by atoms with Crippen LogP contribution in [0.25, 0.3) is 0 Å². The molecule has 1 N–H and O–H groups in total. The molecule has 4 nitrogen and oxygen atoms in total. The number of hydrogen-bond donors (Lipinski definition) is 1. The lowest BCUT2D eigenvalue weighted by molar-refractivity contribution is 0.523. The van der Waals surface area contributed by atoms with E-state index in [9.17, 15) is 0 Å². The molecular weight excluding hydrogens is 236 g/mol. The summed E-state index contributed by atoms with van der Waals surface area (Å²) >= 11 is 0. The van der Waals surface area contributed by atoms with Gasteiger partial charge in [-0.3, -0.25) is 0 Å². The van der Waals surface area contributed by atoms with Gasteiger partial charge in [0.25, 0.3) is 0 Å². The second-order valence-electron chi connectivity index (χ2n) is 4.84. The highest BCUT2D eigenvalue weighted by Gasteiger charge is 2.21. The van der Waals surface area contributed by atoms with Crippen LogP contribution in [0.2, 0.25) is 0 Å². The molecule has 2 heterocycles. The van der Waals surface area contributed by atoms with Crippen molar-refractivity contribution in [2.24, 2.45) is 0 Å². The van der Waals surface area contributed by atoms with Crippen molar-refractivity contribution in [3.05, 3.63) is 48.8 Å². The van der Waals surface area contributed by atoms with Crippen LogP contribution in [0.1, 0.15) is 12.8 Å². The molecule has 0 bridgehead atoms. The van der Waals surface area contributed by atoms with E-state index >= 15 is 0 Å². The normalized spacial score (nSPS) is 19.2. The third-order valence-corrected chi connectivity index (χ3v) is 3.40. The number of piperidine rings is 1. The predicted octanol–water partition coefficient (Wildman–Crippen LogP) is 2.56. The van der Waals surface area contributed by atoms with Gasteiger partial charge in [0.1, 0.15) is 0 Å². The number of benzene rings is 1. The molecule has 0 radical (unpaired) electrons. The molecule has 4 heteroatoms. The standard InChI is InChI=1S/C15H18N4/c1-2-6-13(7-3-1)18-14-8-4-11-19(12-14)15-16-9-5-10-17-15/h1-3,5-7,9-10,14,18H,4,8,11-12H2/t14-/m0/s1. The highest BCUT2D eigenvalue weighted by molar-refractivity contribution is 5.44. The van der Waals surface area contributed by atoms with E-state index in [4.69, 9.17) is 0 Å². The van der Waals surface area contributed by atoms with Crippen molar-refractivity contribution in [2.45, 2.75) is 18.9 Å². The van der Waals surface area contributed by atoms with Gasteiger partial charge in [-0.2, -0.15) is 0 Å². The first-order valence-electron chi connectivity index (χ1n) is 6.75. The Morgan fingerprint density at radius 3 is 2.63 bits per heavy atom. The fourth-order valence-corrected chi connectivity index (χ4v) is 2.50. The van der Waals surface area contributed by atoms with Crippen molar-refractivity contribution in [2.75, 3.05) is 23.3 Å². The first-order chi connectivity index (χ1) is 9.42. The lowest BCUT2D eigenvalue weighted by atomic mass is 10.1. The van der Waals surface area contributed by atoms with Crippen LogP contribution in [-0.4, -0.2) is 29.1 Å². The van der Waals surface area contributed by atoms with Gasteiger partial charge >= 0.3 is 0 Å². The number of anilines is 2. The molecule has 1 fully saturated rings. The summed E-state index contributed by atoms with van der Waals surface area (Å²) in [7, 11) is 0. The Bertz CT molecular complexity index is 500. The fourth-order valence-electron chi connectivity index (χ4n) is 2.50. The highest BCUT2D eigenvalue weighted by Crippen LogP contribution is 2.18. The first kappa shape index (κ1) is 12.0. The average Bonchev–Trinajstić information content (AvgIpc) is 2.49. The van der Waals surface area contributed by atoms with E-state index in [1.807, 2.05) is 12.1 Å². The maximum Gasteiger partial charge on any atom is 0.225 e. The fraction of sp³-hybridized carbons (Fsp3) is 0.333. The molecule has 1 aromatic heterocycles. The number of nitrogens with one attached hydrogen (secondary N) is 1. The molecule has 0 unspecified atom stereocenters. The molecule has 0 amide bonds. The Hall–Kier alpha value is -2.10. The van der Waals surface area contributed by atoms with Crippen LogP contribution in [0, 0.1) is 0 Å². The summed E-state index contributed by atoms with van der Waals surface area (Å²) in [5, 5.41) is 3.58. The van der Waals surface area contributed by atoms with E-state index in [2.05, 4.69) is 44.5 Å². The summed E-state index contributed by atoms with van der Waals surface area (Å²) in [6.45, 7) is 2.00. The zero-order valence-corrected chi connectivity index (χ0v) is 10.9. The lowest BCUT2D eigenvalue weighted by Gasteiger charge is -2.33. The van der Waals surface area contributed by atoms with Crippen LogP contribution in [0.5, 0.6) is 0 Å². The minimum Gasteiger partial charge on any atom is -0.381 e. The van der Waals surface area contributed by atoms with Gasteiger partial charge in [0.15, 0.2) is 0 Å². The van der Waals surface area contributed by atoms with Crippen LogP contribution >= 0.6 is 0 Å². The maximum absolute atomic E-state index is 4.33. The molecule has 0 spiro atoms. The Labute approximate surface area is 113 Å². The van der Waals surface area contributed by atoms with E-state index in [0.29, 0.717) is 6.04 Å². The molecule has 0 aliphatic carbocycles. The van der Waals surface area contributed by atoms with E-state index in [1.165, 1.54) is 18.5 Å². The quantitative estimate of drug-likeness (QED) is 0.914. The molecule has 1 aliphatic heterocycles. The largest absolute Gasteiger partial charge is 0.381 e. The van der Waals surface area contributed by atoms with E-state index in [-0.39, 0.29) is 0 Å². The van der Waals surface area contributed by atoms with Crippen LogP contribution in [0.3, 0.4) is 0 Å². The number of hydrogen-bond acceptors (Lipinski definition) is 4. The molecule has 1 aliphatic rings. The molecule has 1 saturated heterocycles. The SMILES string of the molecule is c1ccc(N[C@H]2CCCN(c3ncccn3)C2)cc1. The number of aromatic nitrogens is 2.